The summed E-state index contributed by atoms with van der Waals surface area (Å²) >= 11 is 1.45. The second-order valence-electron chi connectivity index (χ2n) is 10.3. The van der Waals surface area contributed by atoms with E-state index in [4.69, 9.17) is 14.7 Å². The van der Waals surface area contributed by atoms with E-state index in [2.05, 4.69) is 41.3 Å². The monoisotopic (exact) mass is 515 g/mol. The predicted molar refractivity (Wildman–Crippen MR) is 144 cm³/mol. The lowest BCUT2D eigenvalue weighted by molar-refractivity contribution is -0.151. The molecule has 6 rings (SSSR count). The highest BCUT2D eigenvalue weighted by Gasteiger charge is 2.37. The maximum Gasteiger partial charge on any atom is 0.311 e. The highest BCUT2D eigenvalue weighted by Crippen LogP contribution is 2.45. The highest BCUT2D eigenvalue weighted by molar-refractivity contribution is 7.21. The van der Waals surface area contributed by atoms with E-state index in [9.17, 15) is 4.79 Å². The summed E-state index contributed by atoms with van der Waals surface area (Å²) in [6.07, 6.45) is 5.84. The molecule has 0 unspecified atom stereocenters. The second kappa shape index (κ2) is 9.95. The molecule has 2 fully saturated rings. The van der Waals surface area contributed by atoms with Gasteiger partial charge >= 0.3 is 5.97 Å². The average Bonchev–Trinajstić information content (AvgIpc) is 3.34. The first-order valence-corrected chi connectivity index (χ1v) is 13.8. The molecule has 0 atom stereocenters. The number of hydrogen-bond donors (Lipinski definition) is 0. The van der Waals surface area contributed by atoms with Crippen molar-refractivity contribution in [3.63, 3.8) is 0 Å². The van der Waals surface area contributed by atoms with Gasteiger partial charge < -0.3 is 4.74 Å². The average molecular weight is 516 g/mol. The summed E-state index contributed by atoms with van der Waals surface area (Å²) in [5, 5.41) is 0.649. The summed E-state index contributed by atoms with van der Waals surface area (Å²) in [4.78, 5) is 24.4. The van der Waals surface area contributed by atoms with Crippen molar-refractivity contribution in [3.05, 3.63) is 83.3 Å². The van der Waals surface area contributed by atoms with E-state index in [1.807, 2.05) is 18.2 Å². The minimum absolute atomic E-state index is 0.0749. The third-order valence-electron chi connectivity index (χ3n) is 7.94. The van der Waals surface area contributed by atoms with Crippen LogP contribution in [0, 0.1) is 11.7 Å². The molecule has 0 spiro atoms. The van der Waals surface area contributed by atoms with Crippen LogP contribution in [0.1, 0.15) is 48.9 Å². The number of benzene rings is 2. The molecule has 5 nitrogen and oxygen atoms in total. The zero-order valence-electron chi connectivity index (χ0n) is 21.0. The highest BCUT2D eigenvalue weighted by atomic mass is 32.1. The Balaban J connectivity index is 1.25. The molecule has 2 aromatic carbocycles. The van der Waals surface area contributed by atoms with Crippen molar-refractivity contribution in [2.45, 2.75) is 44.1 Å². The predicted octanol–water partition coefficient (Wildman–Crippen LogP) is 6.35. The number of aromatic nitrogens is 2. The molecule has 1 saturated heterocycles. The third-order valence-corrected chi connectivity index (χ3v) is 8.94. The molecule has 0 bridgehead atoms. The van der Waals surface area contributed by atoms with Gasteiger partial charge in [-0.25, -0.2) is 14.4 Å². The summed E-state index contributed by atoms with van der Waals surface area (Å²) in [6.45, 7) is 1.90. The molecule has 1 aliphatic heterocycles. The van der Waals surface area contributed by atoms with Crippen molar-refractivity contribution in [1.29, 1.82) is 0 Å². The summed E-state index contributed by atoms with van der Waals surface area (Å²) in [5.74, 6) is -0.540. The van der Waals surface area contributed by atoms with Crippen molar-refractivity contribution in [2.24, 2.45) is 5.92 Å². The lowest BCUT2D eigenvalue weighted by Crippen LogP contribution is -2.49. The summed E-state index contributed by atoms with van der Waals surface area (Å²) in [7, 11) is 1.41. The van der Waals surface area contributed by atoms with Crippen molar-refractivity contribution >= 4 is 27.7 Å². The Morgan fingerprint density at radius 1 is 1.05 bits per heavy atom. The number of thiazole rings is 1. The van der Waals surface area contributed by atoms with Crippen molar-refractivity contribution < 1.29 is 13.9 Å². The largest absolute Gasteiger partial charge is 0.469 e. The van der Waals surface area contributed by atoms with Gasteiger partial charge in [-0.15, -0.1) is 0 Å². The van der Waals surface area contributed by atoms with Crippen LogP contribution in [0.3, 0.4) is 0 Å². The molecule has 0 N–H and O–H groups in total. The zero-order valence-corrected chi connectivity index (χ0v) is 21.8. The fourth-order valence-corrected chi connectivity index (χ4v) is 6.87. The minimum atomic E-state index is -0.283. The topological polar surface area (TPSA) is 55.3 Å². The molecule has 4 aromatic rings. The van der Waals surface area contributed by atoms with Gasteiger partial charge in [-0.05, 0) is 48.2 Å². The van der Waals surface area contributed by atoms with Gasteiger partial charge in [0.2, 0.25) is 0 Å². The number of halogens is 1. The van der Waals surface area contributed by atoms with Crippen molar-refractivity contribution in [2.75, 3.05) is 20.2 Å². The summed E-state index contributed by atoms with van der Waals surface area (Å²) < 4.78 is 20.0. The van der Waals surface area contributed by atoms with Crippen LogP contribution >= 0.6 is 11.3 Å². The molecule has 0 amide bonds. The number of nitrogens with zero attached hydrogens (tertiary/aromatic N) is 3. The van der Waals surface area contributed by atoms with Gasteiger partial charge in [0.1, 0.15) is 21.2 Å². The minimum Gasteiger partial charge on any atom is -0.469 e. The van der Waals surface area contributed by atoms with Crippen LogP contribution in [0.15, 0.2) is 60.7 Å². The Hall–Kier alpha value is -3.16. The van der Waals surface area contributed by atoms with Crippen LogP contribution in [-0.2, 0) is 21.5 Å². The normalized spacial score (nSPS) is 18.0. The van der Waals surface area contributed by atoms with Crippen LogP contribution in [0.5, 0.6) is 0 Å². The number of carbonyl (C=O) groups is 1. The van der Waals surface area contributed by atoms with E-state index in [1.165, 1.54) is 43.3 Å². The van der Waals surface area contributed by atoms with Gasteiger partial charge in [0.25, 0.3) is 0 Å². The first-order valence-electron chi connectivity index (χ1n) is 13.0. The fourth-order valence-electron chi connectivity index (χ4n) is 5.91. The van der Waals surface area contributed by atoms with E-state index in [0.29, 0.717) is 30.2 Å². The number of carbonyl (C=O) groups excluding carboxylic acids is 1. The number of rotatable bonds is 6. The van der Waals surface area contributed by atoms with Gasteiger partial charge in [-0.1, -0.05) is 67.0 Å². The Morgan fingerprint density at radius 3 is 2.57 bits per heavy atom. The zero-order chi connectivity index (χ0) is 25.4. The van der Waals surface area contributed by atoms with Crippen LogP contribution in [-0.4, -0.2) is 41.0 Å². The van der Waals surface area contributed by atoms with Crippen LogP contribution in [0.2, 0.25) is 0 Å². The molecular weight excluding hydrogens is 485 g/mol. The molecule has 7 heteroatoms. The van der Waals surface area contributed by atoms with Crippen LogP contribution in [0.4, 0.5) is 4.39 Å². The van der Waals surface area contributed by atoms with Crippen LogP contribution in [0.25, 0.3) is 20.9 Å². The van der Waals surface area contributed by atoms with E-state index < -0.39 is 0 Å². The Morgan fingerprint density at radius 2 is 1.84 bits per heavy atom. The first kappa shape index (κ1) is 24.2. The smallest absolute Gasteiger partial charge is 0.311 e. The Bertz CT molecular complexity index is 1430. The van der Waals surface area contributed by atoms with E-state index in [0.717, 1.165) is 34.4 Å². The van der Waals surface area contributed by atoms with Gasteiger partial charge in [0, 0.05) is 30.6 Å². The van der Waals surface area contributed by atoms with Crippen LogP contribution < -0.4 is 0 Å². The molecule has 3 heterocycles. The van der Waals surface area contributed by atoms with E-state index in [-0.39, 0.29) is 23.1 Å². The number of methoxy groups -OCH3 is 1. The lowest BCUT2D eigenvalue weighted by Gasteiger charge is -2.37. The van der Waals surface area contributed by atoms with Gasteiger partial charge in [0.05, 0.1) is 18.7 Å². The SMILES string of the molecule is COC(=O)C1CN(Cc2ccc(-c3nc4ccc(C5(c6ccccc6)CCCCC5)nc4s3)c(F)c2)C1. The summed E-state index contributed by atoms with van der Waals surface area (Å²) in [6, 6.07) is 20.2. The third kappa shape index (κ3) is 4.55. The first-order chi connectivity index (χ1) is 18.1. The molecular formula is C30H30FN3O2S. The van der Waals surface area contributed by atoms with Gasteiger partial charge in [0.15, 0.2) is 0 Å². The van der Waals surface area contributed by atoms with Gasteiger partial charge in [-0.2, -0.15) is 0 Å². The maximum atomic E-state index is 15.2. The van der Waals surface area contributed by atoms with Crippen molar-refractivity contribution in [1.82, 2.24) is 14.9 Å². The molecule has 190 valence electrons. The van der Waals surface area contributed by atoms with E-state index >= 15 is 4.39 Å². The molecule has 0 radical (unpaired) electrons. The fraction of sp³-hybridized carbons (Fsp3) is 0.367. The number of pyridine rings is 1. The van der Waals surface area contributed by atoms with Crippen molar-refractivity contribution in [3.8, 4) is 10.6 Å². The molecule has 2 aliphatic rings. The second-order valence-corrected chi connectivity index (χ2v) is 11.3. The molecule has 37 heavy (non-hydrogen) atoms. The molecule has 2 aromatic heterocycles. The number of fused-ring (bicyclic) bond motifs is 1. The number of hydrogen-bond acceptors (Lipinski definition) is 6. The standard InChI is InChI=1S/C30H30FN3O2S/c1-36-29(35)21-18-34(19-21)17-20-10-11-23(24(31)16-20)27-32-25-12-13-26(33-28(25)37-27)30(14-6-3-7-15-30)22-8-4-2-5-9-22/h2,4-5,8-13,16,21H,3,6-7,14-15,17-19H2,1H3. The van der Waals surface area contributed by atoms with Gasteiger partial charge in [-0.3, -0.25) is 9.69 Å². The number of likely N-dealkylation sites (tertiary alicyclic amines) is 1. The summed E-state index contributed by atoms with van der Waals surface area (Å²) in [5.41, 5.74) is 4.53. The maximum absolute atomic E-state index is 15.2. The van der Waals surface area contributed by atoms with E-state index in [1.54, 1.807) is 6.07 Å². The molecule has 1 aliphatic carbocycles. The lowest BCUT2D eigenvalue weighted by atomic mass is 9.67. The quantitative estimate of drug-likeness (QED) is 0.280. The number of ether oxygens (including phenoxy) is 1. The Labute approximate surface area is 220 Å². The molecule has 1 saturated carbocycles. The number of esters is 1. The Kier molecular flexibility index (Phi) is 6.51.